The molecule has 182 valence electrons. The lowest BCUT2D eigenvalue weighted by atomic mass is 10.1. The predicted octanol–water partition coefficient (Wildman–Crippen LogP) is 7.93. The molecule has 0 amide bonds. The monoisotopic (exact) mass is 506 g/mol. The molecule has 0 N–H and O–H groups in total. The van der Waals surface area contributed by atoms with Crippen molar-refractivity contribution in [2.75, 3.05) is 12.3 Å². The van der Waals surface area contributed by atoms with Crippen molar-refractivity contribution in [1.82, 2.24) is 0 Å². The lowest BCUT2D eigenvalue weighted by Crippen LogP contribution is -2.19. The Hall–Kier alpha value is -2.78. The van der Waals surface area contributed by atoms with E-state index in [4.69, 9.17) is 0 Å². The van der Waals surface area contributed by atoms with Gasteiger partial charge in [0.05, 0.1) is 0 Å². The van der Waals surface area contributed by atoms with Crippen LogP contribution in [0.15, 0.2) is 146 Å². The SMILES string of the molecule is C1=CCCCCC=C1.c1ccc(P(CCP(c2ccccc2)c2ccccc2)c2ccccc2)cc1. The first-order chi connectivity index (χ1) is 17.9. The fourth-order valence-electron chi connectivity index (χ4n) is 4.32. The zero-order valence-electron chi connectivity index (χ0n) is 21.0. The molecule has 4 aromatic carbocycles. The standard InChI is InChI=1S/C26H24P2.C8H12/c1-5-13-23(14-6-1)27(24-15-7-2-8-16-24)21-22-28(25-17-9-3-10-18-25)26-19-11-4-12-20-26;1-2-4-6-8-7-5-3-1/h1-20H,21-22H2;1-4H,5-8H2. The minimum absolute atomic E-state index is 0.348. The summed E-state index contributed by atoms with van der Waals surface area (Å²) in [7, 11) is -0.696. The van der Waals surface area contributed by atoms with Gasteiger partial charge in [0, 0.05) is 0 Å². The van der Waals surface area contributed by atoms with Gasteiger partial charge >= 0.3 is 0 Å². The lowest BCUT2D eigenvalue weighted by Gasteiger charge is -2.24. The van der Waals surface area contributed by atoms with E-state index in [1.54, 1.807) is 0 Å². The van der Waals surface area contributed by atoms with E-state index < -0.39 is 0 Å². The van der Waals surface area contributed by atoms with Crippen molar-refractivity contribution < 1.29 is 0 Å². The molecule has 2 heteroatoms. The topological polar surface area (TPSA) is 0 Å². The van der Waals surface area contributed by atoms with Crippen LogP contribution in [0.2, 0.25) is 0 Å². The Labute approximate surface area is 220 Å². The third-order valence-electron chi connectivity index (χ3n) is 6.19. The largest absolute Gasteiger partial charge is 0.0845 e. The molecule has 1 aliphatic rings. The summed E-state index contributed by atoms with van der Waals surface area (Å²) < 4.78 is 0. The third kappa shape index (κ3) is 8.41. The number of allylic oxidation sites excluding steroid dienone is 4. The Kier molecular flexibility index (Phi) is 11.2. The predicted molar refractivity (Wildman–Crippen MR) is 165 cm³/mol. The first-order valence-electron chi connectivity index (χ1n) is 13.0. The van der Waals surface area contributed by atoms with E-state index in [1.165, 1.54) is 59.2 Å². The average molecular weight is 507 g/mol. The molecule has 0 saturated heterocycles. The number of hydrogen-bond donors (Lipinski definition) is 0. The number of rotatable bonds is 7. The maximum Gasteiger partial charge on any atom is -0.0195 e. The minimum Gasteiger partial charge on any atom is -0.0845 e. The fourth-order valence-corrected chi connectivity index (χ4v) is 9.68. The Morgan fingerprint density at radius 2 is 0.667 bits per heavy atom. The van der Waals surface area contributed by atoms with Crippen LogP contribution in [0.4, 0.5) is 0 Å². The molecule has 0 aromatic heterocycles. The van der Waals surface area contributed by atoms with Gasteiger partial charge in [-0.1, -0.05) is 146 Å². The van der Waals surface area contributed by atoms with Crippen LogP contribution in [0.1, 0.15) is 25.7 Å². The summed E-state index contributed by atoms with van der Waals surface area (Å²) in [5.74, 6) is 0. The third-order valence-corrected chi connectivity index (χ3v) is 11.6. The summed E-state index contributed by atoms with van der Waals surface area (Å²) in [5.41, 5.74) is 0. The van der Waals surface area contributed by atoms with Crippen LogP contribution in [0, 0.1) is 0 Å². The van der Waals surface area contributed by atoms with Crippen LogP contribution in [-0.4, -0.2) is 12.3 Å². The number of hydrogen-bond acceptors (Lipinski definition) is 0. The number of benzene rings is 4. The van der Waals surface area contributed by atoms with Crippen LogP contribution in [0.5, 0.6) is 0 Å². The van der Waals surface area contributed by atoms with Gasteiger partial charge in [0.25, 0.3) is 0 Å². The van der Waals surface area contributed by atoms with E-state index >= 15 is 0 Å². The Morgan fingerprint density at radius 1 is 0.389 bits per heavy atom. The molecule has 1 aliphatic carbocycles. The van der Waals surface area contributed by atoms with E-state index in [0.29, 0.717) is 0 Å². The van der Waals surface area contributed by atoms with E-state index in [-0.39, 0.29) is 15.8 Å². The van der Waals surface area contributed by atoms with Crippen LogP contribution in [-0.2, 0) is 0 Å². The molecule has 36 heavy (non-hydrogen) atoms. The molecule has 0 nitrogen and oxygen atoms in total. The van der Waals surface area contributed by atoms with E-state index in [0.717, 1.165) is 0 Å². The quantitative estimate of drug-likeness (QED) is 0.223. The van der Waals surface area contributed by atoms with Crippen molar-refractivity contribution in [3.8, 4) is 0 Å². The van der Waals surface area contributed by atoms with Crippen LogP contribution in [0.25, 0.3) is 0 Å². The molecule has 0 unspecified atom stereocenters. The smallest absolute Gasteiger partial charge is 0.0195 e. The van der Waals surface area contributed by atoms with Gasteiger partial charge in [-0.2, -0.15) is 0 Å². The lowest BCUT2D eigenvalue weighted by molar-refractivity contribution is 0.758. The van der Waals surface area contributed by atoms with Crippen molar-refractivity contribution in [2.24, 2.45) is 0 Å². The normalized spacial score (nSPS) is 13.1. The van der Waals surface area contributed by atoms with Gasteiger partial charge in [-0.05, 0) is 75.1 Å². The maximum atomic E-state index is 2.30. The molecule has 0 aliphatic heterocycles. The fraction of sp³-hybridized carbons (Fsp3) is 0.176. The molecule has 0 fully saturated rings. The van der Waals surface area contributed by atoms with E-state index in [9.17, 15) is 0 Å². The average Bonchev–Trinajstić information content (AvgIpc) is 2.93. The van der Waals surface area contributed by atoms with Gasteiger partial charge in [0.15, 0.2) is 0 Å². The molecule has 0 heterocycles. The van der Waals surface area contributed by atoms with Crippen molar-refractivity contribution in [3.05, 3.63) is 146 Å². The van der Waals surface area contributed by atoms with Gasteiger partial charge in [-0.25, -0.2) is 0 Å². The summed E-state index contributed by atoms with van der Waals surface area (Å²) in [6.45, 7) is 0. The zero-order chi connectivity index (χ0) is 24.7. The second kappa shape index (κ2) is 15.4. The van der Waals surface area contributed by atoms with Crippen molar-refractivity contribution >= 4 is 37.1 Å². The molecule has 0 spiro atoms. The van der Waals surface area contributed by atoms with Crippen LogP contribution >= 0.6 is 15.8 Å². The van der Waals surface area contributed by atoms with Crippen molar-refractivity contribution in [2.45, 2.75) is 25.7 Å². The van der Waals surface area contributed by atoms with Gasteiger partial charge in [-0.3, -0.25) is 0 Å². The molecule has 4 aromatic rings. The molecule has 0 saturated carbocycles. The highest BCUT2D eigenvalue weighted by molar-refractivity contribution is 7.76. The summed E-state index contributed by atoms with van der Waals surface area (Å²) in [6.07, 6.45) is 16.4. The van der Waals surface area contributed by atoms with Gasteiger partial charge in [-0.15, -0.1) is 0 Å². The van der Waals surface area contributed by atoms with Crippen LogP contribution in [0.3, 0.4) is 0 Å². The van der Waals surface area contributed by atoms with Gasteiger partial charge in [0.2, 0.25) is 0 Å². The van der Waals surface area contributed by atoms with Gasteiger partial charge < -0.3 is 0 Å². The first-order valence-corrected chi connectivity index (χ1v) is 16.0. The Bertz CT molecular complexity index is 993. The Morgan fingerprint density at radius 3 is 0.944 bits per heavy atom. The maximum absolute atomic E-state index is 2.30. The second-order valence-corrected chi connectivity index (χ2v) is 13.5. The highest BCUT2D eigenvalue weighted by Crippen LogP contribution is 2.41. The molecular formula is C34H36P2. The van der Waals surface area contributed by atoms with Crippen LogP contribution < -0.4 is 21.2 Å². The van der Waals surface area contributed by atoms with Crippen molar-refractivity contribution in [3.63, 3.8) is 0 Å². The summed E-state index contributed by atoms with van der Waals surface area (Å²) >= 11 is 0. The molecule has 0 radical (unpaired) electrons. The second-order valence-electron chi connectivity index (χ2n) is 8.79. The molecule has 0 atom stereocenters. The van der Waals surface area contributed by atoms with E-state index in [2.05, 4.69) is 146 Å². The summed E-state index contributed by atoms with van der Waals surface area (Å²) in [5, 5.41) is 5.89. The zero-order valence-corrected chi connectivity index (χ0v) is 22.8. The molecule has 5 rings (SSSR count). The highest BCUT2D eigenvalue weighted by Gasteiger charge is 2.19. The van der Waals surface area contributed by atoms with Crippen molar-refractivity contribution in [1.29, 1.82) is 0 Å². The van der Waals surface area contributed by atoms with E-state index in [1.807, 2.05) is 0 Å². The summed E-state index contributed by atoms with van der Waals surface area (Å²) in [4.78, 5) is 0. The molecule has 0 bridgehead atoms. The highest BCUT2D eigenvalue weighted by atomic mass is 31.1. The Balaban J connectivity index is 0.000000325. The first kappa shape index (κ1) is 26.3. The minimum atomic E-state index is -0.348. The van der Waals surface area contributed by atoms with Gasteiger partial charge in [0.1, 0.15) is 0 Å². The summed E-state index contributed by atoms with van der Waals surface area (Å²) in [6, 6.07) is 44.2. The molecular weight excluding hydrogens is 470 g/mol.